The molecule has 7 nitrogen and oxygen atoms in total. The molecule has 130 valence electrons. The normalized spacial score (nSPS) is 10.7. The number of hydrogen-bond donors (Lipinski definition) is 3. The highest BCUT2D eigenvalue weighted by molar-refractivity contribution is 5.60. The zero-order valence-electron chi connectivity index (χ0n) is 14.7. The van der Waals surface area contributed by atoms with Crippen LogP contribution in [0.25, 0.3) is 5.69 Å². The van der Waals surface area contributed by atoms with Crippen molar-refractivity contribution in [3.05, 3.63) is 54.0 Å². The molecule has 7 heteroatoms. The van der Waals surface area contributed by atoms with E-state index in [4.69, 9.17) is 0 Å². The molecule has 0 amide bonds. The summed E-state index contributed by atoms with van der Waals surface area (Å²) < 4.78 is 1.92. The Morgan fingerprint density at radius 1 is 1.16 bits per heavy atom. The van der Waals surface area contributed by atoms with Crippen LogP contribution in [0.1, 0.15) is 18.1 Å². The fraction of sp³-hybridized carbons (Fsp3) is 0.278. The van der Waals surface area contributed by atoms with Crippen LogP contribution in [0, 0.1) is 0 Å². The van der Waals surface area contributed by atoms with Crippen LogP contribution < -0.4 is 16.0 Å². The number of rotatable bonds is 7. The molecule has 25 heavy (non-hydrogen) atoms. The number of nitrogens with zero attached hydrogens (tertiary/aromatic N) is 4. The largest absolute Gasteiger partial charge is 0.373 e. The smallest absolute Gasteiger partial charge is 0.229 e. The van der Waals surface area contributed by atoms with Crippen LogP contribution in [0.15, 0.2) is 42.9 Å². The van der Waals surface area contributed by atoms with E-state index in [0.29, 0.717) is 5.95 Å². The first-order valence-corrected chi connectivity index (χ1v) is 8.32. The van der Waals surface area contributed by atoms with E-state index in [-0.39, 0.29) is 0 Å². The van der Waals surface area contributed by atoms with Gasteiger partial charge in [-0.1, -0.05) is 13.0 Å². The Morgan fingerprint density at radius 2 is 2.04 bits per heavy atom. The molecule has 0 aliphatic carbocycles. The third-order valence-corrected chi connectivity index (χ3v) is 3.90. The van der Waals surface area contributed by atoms with E-state index in [0.717, 1.165) is 35.7 Å². The third-order valence-electron chi connectivity index (χ3n) is 3.90. The third kappa shape index (κ3) is 3.95. The highest BCUT2D eigenvalue weighted by Crippen LogP contribution is 2.22. The Bertz CT molecular complexity index is 841. The minimum Gasteiger partial charge on any atom is -0.373 e. The summed E-state index contributed by atoms with van der Waals surface area (Å²) in [5.74, 6) is 1.32. The quantitative estimate of drug-likeness (QED) is 0.615. The molecule has 0 unspecified atom stereocenters. The molecule has 2 aromatic heterocycles. The molecule has 0 saturated heterocycles. The molecule has 0 aliphatic rings. The first-order valence-electron chi connectivity index (χ1n) is 8.32. The molecule has 3 N–H and O–H groups in total. The van der Waals surface area contributed by atoms with Crippen molar-refractivity contribution in [2.24, 2.45) is 0 Å². The van der Waals surface area contributed by atoms with Crippen molar-refractivity contribution in [1.29, 1.82) is 0 Å². The maximum absolute atomic E-state index is 4.50. The molecule has 0 radical (unpaired) electrons. The number of benzene rings is 1. The molecule has 0 atom stereocenters. The molecule has 1 aromatic carbocycles. The maximum Gasteiger partial charge on any atom is 0.229 e. The second-order valence-electron chi connectivity index (χ2n) is 5.66. The lowest BCUT2D eigenvalue weighted by molar-refractivity contribution is 0.815. The van der Waals surface area contributed by atoms with Gasteiger partial charge < -0.3 is 16.0 Å². The Labute approximate surface area is 147 Å². The van der Waals surface area contributed by atoms with E-state index in [9.17, 15) is 0 Å². The summed E-state index contributed by atoms with van der Waals surface area (Å²) >= 11 is 0. The summed E-state index contributed by atoms with van der Waals surface area (Å²) in [4.78, 5) is 8.66. The lowest BCUT2D eigenvalue weighted by atomic mass is 10.1. The standard InChI is InChI=1S/C18H23N7/c1-4-14-5-6-15(23-18-21-8-7-17(20-3)24-18)9-16(14)25-12-13(10-19-2)11-22-25/h5-9,11-12,19H,4,10H2,1-3H3,(H2,20,21,23,24). The van der Waals surface area contributed by atoms with Crippen molar-refractivity contribution in [2.45, 2.75) is 19.9 Å². The Kier molecular flexibility index (Phi) is 5.25. The van der Waals surface area contributed by atoms with Gasteiger partial charge in [0.25, 0.3) is 0 Å². The van der Waals surface area contributed by atoms with Gasteiger partial charge in [-0.2, -0.15) is 10.1 Å². The molecule has 0 bridgehead atoms. The van der Waals surface area contributed by atoms with Gasteiger partial charge in [0, 0.05) is 37.2 Å². The molecule has 3 aromatic rings. The molecule has 3 rings (SSSR count). The van der Waals surface area contributed by atoms with Crippen molar-refractivity contribution >= 4 is 17.5 Å². The highest BCUT2D eigenvalue weighted by atomic mass is 15.3. The van der Waals surface area contributed by atoms with Crippen molar-refractivity contribution in [3.63, 3.8) is 0 Å². The maximum atomic E-state index is 4.50. The van der Waals surface area contributed by atoms with Crippen LogP contribution in [-0.4, -0.2) is 33.8 Å². The van der Waals surface area contributed by atoms with E-state index < -0.39 is 0 Å². The number of anilines is 3. The Hall–Kier alpha value is -2.93. The van der Waals surface area contributed by atoms with Crippen LogP contribution in [0.4, 0.5) is 17.5 Å². The lowest BCUT2D eigenvalue weighted by Crippen LogP contribution is -2.05. The number of nitrogens with one attached hydrogen (secondary N) is 3. The lowest BCUT2D eigenvalue weighted by Gasteiger charge is -2.12. The summed E-state index contributed by atoms with van der Waals surface area (Å²) in [5, 5.41) is 13.9. The van der Waals surface area contributed by atoms with Crippen LogP contribution in [-0.2, 0) is 13.0 Å². The van der Waals surface area contributed by atoms with Crippen molar-refractivity contribution in [3.8, 4) is 5.69 Å². The number of aromatic nitrogens is 4. The average molecular weight is 337 g/mol. The number of aryl methyl sites for hydroxylation is 1. The SMILES string of the molecule is CCc1ccc(Nc2nccc(NC)n2)cc1-n1cc(CNC)cn1. The monoisotopic (exact) mass is 337 g/mol. The van der Waals surface area contributed by atoms with Crippen molar-refractivity contribution < 1.29 is 0 Å². The second kappa shape index (κ2) is 7.76. The van der Waals surface area contributed by atoms with Crippen LogP contribution in [0.5, 0.6) is 0 Å². The van der Waals surface area contributed by atoms with Crippen molar-refractivity contribution in [2.75, 3.05) is 24.7 Å². The predicted octanol–water partition coefficient (Wildman–Crippen LogP) is 2.73. The molecule has 0 saturated carbocycles. The second-order valence-corrected chi connectivity index (χ2v) is 5.66. The Balaban J connectivity index is 1.91. The van der Waals surface area contributed by atoms with Gasteiger partial charge >= 0.3 is 0 Å². The van der Waals surface area contributed by atoms with E-state index >= 15 is 0 Å². The minimum absolute atomic E-state index is 0.554. The molecular formula is C18H23N7. The van der Waals surface area contributed by atoms with E-state index in [1.807, 2.05) is 43.3 Å². The van der Waals surface area contributed by atoms with E-state index in [1.165, 1.54) is 5.56 Å². The highest BCUT2D eigenvalue weighted by Gasteiger charge is 2.08. The van der Waals surface area contributed by atoms with Gasteiger partial charge in [0.05, 0.1) is 11.9 Å². The van der Waals surface area contributed by atoms with Gasteiger partial charge in [-0.15, -0.1) is 0 Å². The van der Waals surface area contributed by atoms with Crippen LogP contribution in [0.2, 0.25) is 0 Å². The minimum atomic E-state index is 0.554. The van der Waals surface area contributed by atoms with Gasteiger partial charge in [-0.25, -0.2) is 9.67 Å². The van der Waals surface area contributed by atoms with Gasteiger partial charge in [0.2, 0.25) is 5.95 Å². The van der Waals surface area contributed by atoms with Gasteiger partial charge in [0.15, 0.2) is 0 Å². The van der Waals surface area contributed by atoms with Crippen LogP contribution >= 0.6 is 0 Å². The van der Waals surface area contributed by atoms with E-state index in [1.54, 1.807) is 6.20 Å². The molecular weight excluding hydrogens is 314 g/mol. The molecule has 0 spiro atoms. The average Bonchev–Trinajstić information content (AvgIpc) is 3.11. The summed E-state index contributed by atoms with van der Waals surface area (Å²) in [5.41, 5.74) is 4.35. The van der Waals surface area contributed by atoms with E-state index in [2.05, 4.69) is 50.1 Å². The molecule has 0 fully saturated rings. The molecule has 0 aliphatic heterocycles. The van der Waals surface area contributed by atoms with Gasteiger partial charge in [-0.05, 0) is 37.2 Å². The van der Waals surface area contributed by atoms with Crippen LogP contribution in [0.3, 0.4) is 0 Å². The predicted molar refractivity (Wildman–Crippen MR) is 101 cm³/mol. The number of hydrogen-bond acceptors (Lipinski definition) is 6. The summed E-state index contributed by atoms with van der Waals surface area (Å²) in [7, 11) is 3.76. The Morgan fingerprint density at radius 3 is 2.80 bits per heavy atom. The zero-order valence-corrected chi connectivity index (χ0v) is 14.7. The van der Waals surface area contributed by atoms with Crippen molar-refractivity contribution in [1.82, 2.24) is 25.1 Å². The first kappa shape index (κ1) is 16.9. The summed E-state index contributed by atoms with van der Waals surface area (Å²) in [6.07, 6.45) is 6.59. The first-order chi connectivity index (χ1) is 12.2. The van der Waals surface area contributed by atoms with Gasteiger partial charge in [-0.3, -0.25) is 0 Å². The summed E-state index contributed by atoms with van der Waals surface area (Å²) in [6, 6.07) is 8.04. The fourth-order valence-corrected chi connectivity index (χ4v) is 2.63. The topological polar surface area (TPSA) is 79.7 Å². The fourth-order valence-electron chi connectivity index (χ4n) is 2.63. The van der Waals surface area contributed by atoms with Gasteiger partial charge in [0.1, 0.15) is 5.82 Å². The zero-order chi connectivity index (χ0) is 17.6. The molecule has 2 heterocycles. The summed E-state index contributed by atoms with van der Waals surface area (Å²) in [6.45, 7) is 2.94.